The summed E-state index contributed by atoms with van der Waals surface area (Å²) in [4.78, 5) is 17.6. The van der Waals surface area contributed by atoms with Crippen molar-refractivity contribution in [3.63, 3.8) is 0 Å². The number of aryl methyl sites for hydroxylation is 1. The van der Waals surface area contributed by atoms with Crippen molar-refractivity contribution in [1.29, 1.82) is 0 Å². The third-order valence-corrected chi connectivity index (χ3v) is 6.72. The van der Waals surface area contributed by atoms with Crippen LogP contribution in [-0.4, -0.2) is 22.1 Å². The van der Waals surface area contributed by atoms with E-state index in [0.717, 1.165) is 58.7 Å². The number of benzene rings is 4. The second kappa shape index (κ2) is 12.7. The number of hydrogen-bond acceptors (Lipinski definition) is 3. The molecule has 0 bridgehead atoms. The maximum absolute atomic E-state index is 12.8. The highest BCUT2D eigenvalue weighted by Gasteiger charge is 2.12. The zero-order valence-electron chi connectivity index (χ0n) is 22.1. The Hall–Kier alpha value is -4.64. The molecule has 196 valence electrons. The van der Waals surface area contributed by atoms with Gasteiger partial charge in [-0.15, -0.1) is 6.58 Å². The molecule has 1 N–H and O–H groups in total. The Labute approximate surface area is 229 Å². The van der Waals surface area contributed by atoms with E-state index < -0.39 is 0 Å². The highest BCUT2D eigenvalue weighted by atomic mass is 16.5. The van der Waals surface area contributed by atoms with Crippen LogP contribution in [0, 0.1) is 0 Å². The van der Waals surface area contributed by atoms with E-state index in [-0.39, 0.29) is 5.91 Å². The predicted octanol–water partition coefficient (Wildman–Crippen LogP) is 6.76. The molecule has 1 amide bonds. The first kappa shape index (κ1) is 26.0. The molecule has 0 atom stereocenters. The lowest BCUT2D eigenvalue weighted by molar-refractivity contribution is -0.120. The van der Waals surface area contributed by atoms with E-state index in [4.69, 9.17) is 9.72 Å². The lowest BCUT2D eigenvalue weighted by Gasteiger charge is -2.13. The molecule has 0 fully saturated rings. The van der Waals surface area contributed by atoms with E-state index in [1.54, 1.807) is 0 Å². The molecule has 0 aliphatic rings. The number of aromatic nitrogens is 2. The number of carbonyl (C=O) groups is 1. The molecule has 5 heteroatoms. The molecule has 4 aromatic carbocycles. The van der Waals surface area contributed by atoms with Crippen LogP contribution in [0.25, 0.3) is 22.2 Å². The van der Waals surface area contributed by atoms with Crippen molar-refractivity contribution in [3.05, 3.63) is 133 Å². The van der Waals surface area contributed by atoms with Crippen LogP contribution in [0.4, 0.5) is 0 Å². The topological polar surface area (TPSA) is 56.1 Å². The molecule has 5 rings (SSSR count). The fourth-order valence-corrected chi connectivity index (χ4v) is 4.75. The van der Waals surface area contributed by atoms with E-state index in [1.807, 2.05) is 72.8 Å². The van der Waals surface area contributed by atoms with Gasteiger partial charge in [0.15, 0.2) is 0 Å². The van der Waals surface area contributed by atoms with Gasteiger partial charge in [0, 0.05) is 6.54 Å². The van der Waals surface area contributed by atoms with Crippen molar-refractivity contribution in [2.75, 3.05) is 6.61 Å². The lowest BCUT2D eigenvalue weighted by atomic mass is 10.0. The molecule has 5 aromatic rings. The third kappa shape index (κ3) is 6.63. The average Bonchev–Trinajstić information content (AvgIpc) is 3.33. The van der Waals surface area contributed by atoms with E-state index in [0.29, 0.717) is 19.6 Å². The number of nitrogens with zero attached hydrogens (tertiary/aromatic N) is 2. The first-order valence-electron chi connectivity index (χ1n) is 13.4. The number of amides is 1. The number of imidazole rings is 1. The normalized spacial score (nSPS) is 10.9. The largest absolute Gasteiger partial charge is 0.493 e. The summed E-state index contributed by atoms with van der Waals surface area (Å²) in [5, 5.41) is 3.07. The molecule has 0 saturated carbocycles. The van der Waals surface area contributed by atoms with Crippen molar-refractivity contribution in [1.82, 2.24) is 14.9 Å². The van der Waals surface area contributed by atoms with Gasteiger partial charge in [-0.2, -0.15) is 0 Å². The molecular formula is C34H33N3O2. The van der Waals surface area contributed by atoms with Gasteiger partial charge in [-0.25, -0.2) is 4.98 Å². The summed E-state index contributed by atoms with van der Waals surface area (Å²) in [6.45, 7) is 5.55. The minimum absolute atomic E-state index is 0.0248. The molecule has 0 aliphatic heterocycles. The van der Waals surface area contributed by atoms with E-state index in [1.165, 1.54) is 5.56 Å². The fraction of sp³-hybridized carbons (Fsp3) is 0.176. The first-order valence-corrected chi connectivity index (χ1v) is 13.4. The number of hydrogen-bond donors (Lipinski definition) is 1. The number of para-hydroxylation sites is 3. The Morgan fingerprint density at radius 1 is 0.872 bits per heavy atom. The van der Waals surface area contributed by atoms with Crippen LogP contribution in [0.2, 0.25) is 0 Å². The molecule has 1 heterocycles. The summed E-state index contributed by atoms with van der Waals surface area (Å²) in [6.07, 6.45) is 3.81. The SMILES string of the molecule is C=CCc1ccccc1OCCCn1c(CNC(=O)Cc2ccc(-c3ccccc3)cc2)nc2ccccc21. The molecule has 0 spiro atoms. The summed E-state index contributed by atoms with van der Waals surface area (Å²) in [6, 6.07) is 34.6. The highest BCUT2D eigenvalue weighted by molar-refractivity contribution is 5.79. The van der Waals surface area contributed by atoms with Gasteiger partial charge in [0.05, 0.1) is 30.6 Å². The summed E-state index contributed by atoms with van der Waals surface area (Å²) < 4.78 is 8.27. The van der Waals surface area contributed by atoms with Crippen LogP contribution in [0.5, 0.6) is 5.75 Å². The molecule has 0 aliphatic carbocycles. The molecule has 39 heavy (non-hydrogen) atoms. The maximum atomic E-state index is 12.8. The Morgan fingerprint density at radius 3 is 2.41 bits per heavy atom. The van der Waals surface area contributed by atoms with Gasteiger partial charge in [-0.05, 0) is 53.3 Å². The second-order valence-electron chi connectivity index (χ2n) is 9.49. The first-order chi connectivity index (χ1) is 19.2. The van der Waals surface area contributed by atoms with Crippen molar-refractivity contribution < 1.29 is 9.53 Å². The van der Waals surface area contributed by atoms with Crippen molar-refractivity contribution >= 4 is 16.9 Å². The number of ether oxygens (including phenoxy) is 1. The minimum Gasteiger partial charge on any atom is -0.493 e. The molecule has 0 unspecified atom stereocenters. The number of allylic oxidation sites excluding steroid dienone is 1. The van der Waals surface area contributed by atoms with Gasteiger partial charge in [-0.3, -0.25) is 4.79 Å². The Morgan fingerprint density at radius 2 is 1.59 bits per heavy atom. The Bertz CT molecular complexity index is 1540. The van der Waals surface area contributed by atoms with Crippen molar-refractivity contribution in [3.8, 4) is 16.9 Å². The maximum Gasteiger partial charge on any atom is 0.224 e. The van der Waals surface area contributed by atoms with Crippen molar-refractivity contribution in [2.45, 2.75) is 32.4 Å². The minimum atomic E-state index is -0.0248. The van der Waals surface area contributed by atoms with Gasteiger partial charge in [0.1, 0.15) is 11.6 Å². The summed E-state index contributed by atoms with van der Waals surface area (Å²) in [5.41, 5.74) is 6.41. The average molecular weight is 516 g/mol. The predicted molar refractivity (Wildman–Crippen MR) is 158 cm³/mol. The molecular weight excluding hydrogens is 482 g/mol. The van der Waals surface area contributed by atoms with Gasteiger partial charge in [0.25, 0.3) is 0 Å². The number of nitrogens with one attached hydrogen (secondary N) is 1. The standard InChI is InChI=1S/C34H33N3O2/c1-2-11-29-14-6-9-17-32(29)39-23-10-22-37-31-16-8-7-15-30(31)36-33(37)25-35-34(38)24-26-18-20-28(21-19-26)27-12-4-3-5-13-27/h2-9,12-21H,1,10-11,22-25H2,(H,35,38). The zero-order chi connectivity index (χ0) is 26.9. The molecule has 5 nitrogen and oxygen atoms in total. The lowest BCUT2D eigenvalue weighted by Crippen LogP contribution is -2.26. The molecule has 0 saturated heterocycles. The van der Waals surface area contributed by atoms with Gasteiger partial charge in [-0.1, -0.05) is 91.0 Å². The molecule has 1 aromatic heterocycles. The van der Waals surface area contributed by atoms with Crippen molar-refractivity contribution in [2.24, 2.45) is 0 Å². The van der Waals surface area contributed by atoms with Crippen LogP contribution < -0.4 is 10.1 Å². The van der Waals surface area contributed by atoms with Crippen LogP contribution in [0.3, 0.4) is 0 Å². The number of rotatable bonds is 12. The number of carbonyl (C=O) groups excluding carboxylic acids is 1. The van der Waals surface area contributed by atoms with Gasteiger partial charge >= 0.3 is 0 Å². The summed E-state index contributed by atoms with van der Waals surface area (Å²) in [7, 11) is 0. The third-order valence-electron chi connectivity index (χ3n) is 6.72. The van der Waals surface area contributed by atoms with E-state index >= 15 is 0 Å². The van der Waals surface area contributed by atoms with Crippen LogP contribution in [0.1, 0.15) is 23.4 Å². The van der Waals surface area contributed by atoms with Crippen LogP contribution >= 0.6 is 0 Å². The highest BCUT2D eigenvalue weighted by Crippen LogP contribution is 2.21. The Kier molecular flexibility index (Phi) is 8.49. The second-order valence-corrected chi connectivity index (χ2v) is 9.49. The zero-order valence-corrected chi connectivity index (χ0v) is 22.1. The fourth-order valence-electron chi connectivity index (χ4n) is 4.75. The molecule has 0 radical (unpaired) electrons. The smallest absolute Gasteiger partial charge is 0.224 e. The summed E-state index contributed by atoms with van der Waals surface area (Å²) in [5.74, 6) is 1.72. The van der Waals surface area contributed by atoms with Crippen LogP contribution in [-0.2, 0) is 30.7 Å². The van der Waals surface area contributed by atoms with E-state index in [9.17, 15) is 4.79 Å². The van der Waals surface area contributed by atoms with E-state index in [2.05, 4.69) is 52.9 Å². The van der Waals surface area contributed by atoms with Gasteiger partial charge < -0.3 is 14.6 Å². The quantitative estimate of drug-likeness (QED) is 0.148. The van der Waals surface area contributed by atoms with Gasteiger partial charge in [0.2, 0.25) is 5.91 Å². The Balaban J connectivity index is 1.19. The summed E-state index contributed by atoms with van der Waals surface area (Å²) >= 11 is 0. The monoisotopic (exact) mass is 515 g/mol. The van der Waals surface area contributed by atoms with Crippen LogP contribution in [0.15, 0.2) is 116 Å². The number of fused-ring (bicyclic) bond motifs is 1.